The molecule has 2 aromatic heterocycles. The van der Waals surface area contributed by atoms with Crippen molar-refractivity contribution in [3.63, 3.8) is 0 Å². The second-order valence-electron chi connectivity index (χ2n) is 21.4. The number of fused-ring (bicyclic) bond motifs is 11. The van der Waals surface area contributed by atoms with E-state index < -0.39 is 5.41 Å². The summed E-state index contributed by atoms with van der Waals surface area (Å²) in [4.78, 5) is 8.61. The van der Waals surface area contributed by atoms with Crippen LogP contribution < -0.4 is 21.3 Å². The summed E-state index contributed by atoms with van der Waals surface area (Å²) in [5, 5.41) is 1.36. The Labute approximate surface area is 353 Å². The van der Waals surface area contributed by atoms with E-state index in [0.29, 0.717) is 0 Å². The molecule has 0 N–H and O–H groups in total. The molecule has 2 aliphatic carbocycles. The Morgan fingerprint density at radius 2 is 1.18 bits per heavy atom. The van der Waals surface area contributed by atoms with E-state index in [4.69, 9.17) is 4.98 Å². The third kappa shape index (κ3) is 3.52. The average molecular weight is 776 g/mol. The maximum atomic E-state index is 5.77. The van der Waals surface area contributed by atoms with Crippen LogP contribution in [0.15, 0.2) is 97.1 Å². The van der Waals surface area contributed by atoms with Crippen LogP contribution in [0.2, 0.25) is 0 Å². The van der Waals surface area contributed by atoms with Crippen LogP contribution in [0.25, 0.3) is 38.7 Å². The van der Waals surface area contributed by atoms with Crippen molar-refractivity contribution in [1.29, 1.82) is 0 Å². The lowest BCUT2D eigenvalue weighted by Gasteiger charge is -2.56. The average Bonchev–Trinajstić information content (AvgIpc) is 3.78. The summed E-state index contributed by atoms with van der Waals surface area (Å²) in [5.41, 5.74) is 30.0. The maximum absolute atomic E-state index is 5.77. The highest BCUT2D eigenvalue weighted by Gasteiger charge is 2.60. The first kappa shape index (κ1) is 34.1. The summed E-state index contributed by atoms with van der Waals surface area (Å²) in [7, 11) is 0. The number of imidazole rings is 1. The van der Waals surface area contributed by atoms with Crippen LogP contribution in [0, 0.1) is 13.8 Å². The third-order valence-electron chi connectivity index (χ3n) is 16.6. The highest BCUT2D eigenvalue weighted by molar-refractivity contribution is 7.01. The summed E-state index contributed by atoms with van der Waals surface area (Å²) in [6, 6.07) is 39.0. The second kappa shape index (κ2) is 10.5. The van der Waals surface area contributed by atoms with Crippen molar-refractivity contribution in [1.82, 2.24) is 9.38 Å². The zero-order valence-electron chi connectivity index (χ0n) is 36.2. The minimum absolute atomic E-state index is 0.0359. The van der Waals surface area contributed by atoms with E-state index in [1.54, 1.807) is 11.1 Å². The molecule has 6 aliphatic rings. The second-order valence-corrected chi connectivity index (χ2v) is 21.4. The molecule has 2 spiro atoms. The first-order chi connectivity index (χ1) is 28.9. The van der Waals surface area contributed by atoms with Crippen LogP contribution in [-0.4, -0.2) is 16.1 Å². The lowest BCUT2D eigenvalue weighted by Crippen LogP contribution is -2.63. The van der Waals surface area contributed by atoms with Gasteiger partial charge in [-0.1, -0.05) is 152 Å². The number of aromatic nitrogens is 2. The molecular weight excluding hydrogens is 725 g/mol. The predicted octanol–water partition coefficient (Wildman–Crippen LogP) is 11.7. The lowest BCUT2D eigenvalue weighted by atomic mass is 9.31. The molecule has 0 unspecified atom stereocenters. The van der Waals surface area contributed by atoms with Gasteiger partial charge in [0.15, 0.2) is 0 Å². The van der Waals surface area contributed by atoms with Crippen molar-refractivity contribution in [3.8, 4) is 11.1 Å². The fourth-order valence-electron chi connectivity index (χ4n) is 14.1. The molecule has 0 amide bonds. The molecule has 0 bridgehead atoms. The molecule has 0 atom stereocenters. The molecule has 14 rings (SSSR count). The van der Waals surface area contributed by atoms with Crippen LogP contribution >= 0.6 is 0 Å². The summed E-state index contributed by atoms with van der Waals surface area (Å²) >= 11 is 0. The molecule has 1 fully saturated rings. The Hall–Kier alpha value is -5.61. The number of aryl methyl sites for hydroxylation is 2. The Kier molecular flexibility index (Phi) is 5.95. The number of anilines is 3. The molecule has 8 aromatic rings. The van der Waals surface area contributed by atoms with E-state index >= 15 is 0 Å². The van der Waals surface area contributed by atoms with Crippen molar-refractivity contribution in [3.05, 3.63) is 153 Å². The quantitative estimate of drug-likeness (QED) is 0.143. The number of hydrogen-bond donors (Lipinski definition) is 0. The Balaban J connectivity index is 1.29. The van der Waals surface area contributed by atoms with E-state index in [1.165, 1.54) is 143 Å². The summed E-state index contributed by atoms with van der Waals surface area (Å²) in [6.07, 6.45) is 6.23. The molecule has 1 saturated carbocycles. The standard InChI is InChI=1S/C56H50BN3/c1-30-31(2)52-58-46-41(54(6,7)8)29-40(53(3,4)5)44-51(46)60(52)47-34(30)28-42-50-45(47)57(44)43-25-17-23-38-49(43)59(50)48-37(55(38)26-14-9-15-27-55)22-16-24-39(48)56(42)35-20-12-10-18-32(35)33-19-11-13-21-36(33)56/h10-13,16-25,28-29H,9,14-15,26-27H2,1-8H3. The highest BCUT2D eigenvalue weighted by Crippen LogP contribution is 2.68. The van der Waals surface area contributed by atoms with Gasteiger partial charge in [-0.3, -0.25) is 4.40 Å². The summed E-state index contributed by atoms with van der Waals surface area (Å²) in [6.45, 7) is 19.2. The van der Waals surface area contributed by atoms with E-state index in [1.807, 2.05) is 0 Å². The molecule has 3 nitrogen and oxygen atoms in total. The zero-order chi connectivity index (χ0) is 40.6. The summed E-state index contributed by atoms with van der Waals surface area (Å²) in [5.74, 6) is 0. The molecule has 4 heteroatoms. The van der Waals surface area contributed by atoms with Gasteiger partial charge in [-0.25, -0.2) is 4.98 Å². The van der Waals surface area contributed by atoms with Gasteiger partial charge in [0.05, 0.1) is 27.7 Å². The van der Waals surface area contributed by atoms with E-state index in [0.717, 1.165) is 5.65 Å². The number of para-hydroxylation sites is 2. The third-order valence-corrected chi connectivity index (χ3v) is 16.6. The van der Waals surface area contributed by atoms with E-state index in [9.17, 15) is 0 Å². The Morgan fingerprint density at radius 1 is 0.567 bits per heavy atom. The number of nitrogens with zero attached hydrogens (tertiary/aromatic N) is 3. The molecule has 4 aliphatic heterocycles. The van der Waals surface area contributed by atoms with Crippen molar-refractivity contribution in [2.75, 3.05) is 4.90 Å². The van der Waals surface area contributed by atoms with Gasteiger partial charge in [-0.2, -0.15) is 0 Å². The van der Waals surface area contributed by atoms with Crippen molar-refractivity contribution < 1.29 is 0 Å². The van der Waals surface area contributed by atoms with Crippen LogP contribution in [0.3, 0.4) is 0 Å². The van der Waals surface area contributed by atoms with Gasteiger partial charge in [-0.15, -0.1) is 0 Å². The van der Waals surface area contributed by atoms with Gasteiger partial charge in [0.2, 0.25) is 0 Å². The van der Waals surface area contributed by atoms with Crippen molar-refractivity contribution >= 4 is 67.7 Å². The van der Waals surface area contributed by atoms with Gasteiger partial charge < -0.3 is 4.90 Å². The van der Waals surface area contributed by atoms with Crippen LogP contribution in [-0.2, 0) is 21.7 Å². The highest BCUT2D eigenvalue weighted by atomic mass is 15.2. The van der Waals surface area contributed by atoms with Crippen LogP contribution in [0.4, 0.5) is 17.1 Å². The molecule has 6 heterocycles. The van der Waals surface area contributed by atoms with Crippen LogP contribution in [0.1, 0.15) is 129 Å². The number of benzene rings is 6. The smallest absolute Gasteiger partial charge is 0.252 e. The van der Waals surface area contributed by atoms with Gasteiger partial charge in [0.1, 0.15) is 5.65 Å². The van der Waals surface area contributed by atoms with Crippen molar-refractivity contribution in [2.45, 2.75) is 109 Å². The molecule has 0 radical (unpaired) electrons. The first-order valence-corrected chi connectivity index (χ1v) is 22.7. The number of rotatable bonds is 0. The Bertz CT molecular complexity index is 3310. The lowest BCUT2D eigenvalue weighted by molar-refractivity contribution is 0.344. The molecule has 292 valence electrons. The molecular formula is C56H50BN3. The topological polar surface area (TPSA) is 20.5 Å². The summed E-state index contributed by atoms with van der Waals surface area (Å²) < 4.78 is 2.66. The SMILES string of the molecule is Cc1c(C)c2nc3c(C(C)(C)C)cc(C(C)(C)C)c4c3n2c2c3c5c(cc12)C1(c2ccccc2-c2ccccc21)c1cccc2c1N5c1c(cccc1C21CCCCC1)B34. The van der Waals surface area contributed by atoms with E-state index in [2.05, 4.69) is 162 Å². The zero-order valence-corrected chi connectivity index (χ0v) is 36.2. The normalized spacial score (nSPS) is 17.9. The minimum Gasteiger partial charge on any atom is -0.310 e. The largest absolute Gasteiger partial charge is 0.310 e. The van der Waals surface area contributed by atoms with Gasteiger partial charge in [0, 0.05) is 22.2 Å². The minimum atomic E-state index is -0.484. The monoisotopic (exact) mass is 775 g/mol. The number of hydrogen-bond acceptors (Lipinski definition) is 2. The fraction of sp³-hybridized carbons (Fsp3) is 0.304. The maximum Gasteiger partial charge on any atom is 0.252 e. The first-order valence-electron chi connectivity index (χ1n) is 22.7. The van der Waals surface area contributed by atoms with Gasteiger partial charge in [0.25, 0.3) is 6.71 Å². The van der Waals surface area contributed by atoms with E-state index in [-0.39, 0.29) is 23.0 Å². The predicted molar refractivity (Wildman–Crippen MR) is 251 cm³/mol. The van der Waals surface area contributed by atoms with Crippen molar-refractivity contribution in [2.24, 2.45) is 0 Å². The van der Waals surface area contributed by atoms with Gasteiger partial charge in [-0.05, 0) is 127 Å². The van der Waals surface area contributed by atoms with Gasteiger partial charge >= 0.3 is 0 Å². The fourth-order valence-corrected chi connectivity index (χ4v) is 14.1. The molecule has 60 heavy (non-hydrogen) atoms. The molecule has 6 aromatic carbocycles. The molecule has 0 saturated heterocycles. The van der Waals surface area contributed by atoms with Crippen LogP contribution in [0.5, 0.6) is 0 Å². The Morgan fingerprint density at radius 3 is 1.87 bits per heavy atom. The number of pyridine rings is 1.